The zero-order valence-corrected chi connectivity index (χ0v) is 6.62. The number of nitrogens with two attached hydrogens (primary N) is 2. The van der Waals surface area contributed by atoms with Gasteiger partial charge in [-0.3, -0.25) is 4.99 Å². The van der Waals surface area contributed by atoms with Crippen LogP contribution in [-0.2, 0) is 4.74 Å². The minimum atomic E-state index is 0.192. The monoisotopic (exact) mass is 157 g/mol. The van der Waals surface area contributed by atoms with Crippen LogP contribution in [-0.4, -0.2) is 25.2 Å². The molecule has 4 N–H and O–H groups in total. The van der Waals surface area contributed by atoms with Crippen LogP contribution < -0.4 is 11.5 Å². The van der Waals surface area contributed by atoms with E-state index in [4.69, 9.17) is 16.2 Å². The molecular formula is C7H15N3O. The fourth-order valence-corrected chi connectivity index (χ4v) is 1.23. The second-order valence-electron chi connectivity index (χ2n) is 2.75. The van der Waals surface area contributed by atoms with Crippen LogP contribution in [0.5, 0.6) is 0 Å². The summed E-state index contributed by atoms with van der Waals surface area (Å²) in [7, 11) is 0. The van der Waals surface area contributed by atoms with Crippen LogP contribution >= 0.6 is 0 Å². The highest BCUT2D eigenvalue weighted by Crippen LogP contribution is 2.10. The molecular weight excluding hydrogens is 142 g/mol. The maximum Gasteiger partial charge on any atom is 0.186 e. The van der Waals surface area contributed by atoms with Crippen molar-refractivity contribution in [3.05, 3.63) is 0 Å². The number of nitrogens with zero attached hydrogens (tertiary/aromatic N) is 1. The summed E-state index contributed by atoms with van der Waals surface area (Å²) < 4.78 is 5.26. The summed E-state index contributed by atoms with van der Waals surface area (Å²) in [4.78, 5) is 4.09. The third-order valence-electron chi connectivity index (χ3n) is 1.75. The number of guanidine groups is 1. The standard InChI is InChI=1S/C7H15N3O/c8-7(9)10-6-2-1-4-11-5-3-6/h6H,1-5H2,(H4,8,9,10). The molecule has 0 aliphatic carbocycles. The summed E-state index contributed by atoms with van der Waals surface area (Å²) in [6, 6.07) is 0.280. The summed E-state index contributed by atoms with van der Waals surface area (Å²) in [5.41, 5.74) is 10.5. The summed E-state index contributed by atoms with van der Waals surface area (Å²) in [5, 5.41) is 0. The first kappa shape index (κ1) is 8.33. The fourth-order valence-electron chi connectivity index (χ4n) is 1.23. The number of rotatable bonds is 1. The first-order valence-corrected chi connectivity index (χ1v) is 3.95. The third-order valence-corrected chi connectivity index (χ3v) is 1.75. The minimum Gasteiger partial charge on any atom is -0.381 e. The molecule has 4 heteroatoms. The molecule has 1 aliphatic rings. The lowest BCUT2D eigenvalue weighted by Gasteiger charge is -2.06. The molecule has 1 saturated heterocycles. The van der Waals surface area contributed by atoms with Crippen LogP contribution in [0.4, 0.5) is 0 Å². The van der Waals surface area contributed by atoms with Crippen LogP contribution in [0.2, 0.25) is 0 Å². The van der Waals surface area contributed by atoms with Crippen molar-refractivity contribution in [2.24, 2.45) is 16.5 Å². The normalized spacial score (nSPS) is 25.6. The van der Waals surface area contributed by atoms with Gasteiger partial charge in [-0.2, -0.15) is 0 Å². The molecule has 11 heavy (non-hydrogen) atoms. The molecule has 1 fully saturated rings. The molecule has 0 bridgehead atoms. The quantitative estimate of drug-likeness (QED) is 0.410. The van der Waals surface area contributed by atoms with Crippen molar-refractivity contribution >= 4 is 5.96 Å². The molecule has 0 aromatic heterocycles. The molecule has 0 saturated carbocycles. The molecule has 0 spiro atoms. The number of ether oxygens (including phenoxy) is 1. The van der Waals surface area contributed by atoms with E-state index in [1.165, 1.54) is 0 Å². The van der Waals surface area contributed by atoms with Gasteiger partial charge in [-0.25, -0.2) is 0 Å². The van der Waals surface area contributed by atoms with Gasteiger partial charge in [-0.05, 0) is 19.3 Å². The Morgan fingerprint density at radius 2 is 2.09 bits per heavy atom. The number of hydrogen-bond donors (Lipinski definition) is 2. The second-order valence-corrected chi connectivity index (χ2v) is 2.75. The predicted molar refractivity (Wildman–Crippen MR) is 44.3 cm³/mol. The van der Waals surface area contributed by atoms with Crippen molar-refractivity contribution in [3.63, 3.8) is 0 Å². The number of aliphatic imine (C=N–C) groups is 1. The van der Waals surface area contributed by atoms with Crippen LogP contribution in [0.15, 0.2) is 4.99 Å². The third kappa shape index (κ3) is 3.23. The topological polar surface area (TPSA) is 73.6 Å². The highest BCUT2D eigenvalue weighted by molar-refractivity contribution is 5.75. The van der Waals surface area contributed by atoms with Crippen molar-refractivity contribution in [1.82, 2.24) is 0 Å². The Morgan fingerprint density at radius 1 is 1.27 bits per heavy atom. The predicted octanol–water partition coefficient (Wildman–Crippen LogP) is -0.171. The highest BCUT2D eigenvalue weighted by Gasteiger charge is 2.10. The Balaban J connectivity index is 2.37. The summed E-state index contributed by atoms with van der Waals surface area (Å²) in [6.45, 7) is 1.62. The molecule has 4 nitrogen and oxygen atoms in total. The zero-order chi connectivity index (χ0) is 8.10. The summed E-state index contributed by atoms with van der Waals surface area (Å²) >= 11 is 0. The molecule has 1 atom stereocenters. The van der Waals surface area contributed by atoms with Crippen molar-refractivity contribution in [1.29, 1.82) is 0 Å². The Bertz CT molecular complexity index is 135. The largest absolute Gasteiger partial charge is 0.381 e. The van der Waals surface area contributed by atoms with E-state index >= 15 is 0 Å². The summed E-state index contributed by atoms with van der Waals surface area (Å²) in [6.07, 6.45) is 3.04. The van der Waals surface area contributed by atoms with E-state index in [-0.39, 0.29) is 12.0 Å². The Hall–Kier alpha value is -0.770. The van der Waals surface area contributed by atoms with Gasteiger partial charge in [0.05, 0.1) is 6.04 Å². The lowest BCUT2D eigenvalue weighted by atomic mass is 10.1. The van der Waals surface area contributed by atoms with Gasteiger partial charge in [-0.15, -0.1) is 0 Å². The van der Waals surface area contributed by atoms with E-state index in [0.717, 1.165) is 32.5 Å². The molecule has 1 rings (SSSR count). The average Bonchev–Trinajstić information content (AvgIpc) is 2.14. The van der Waals surface area contributed by atoms with Crippen LogP contribution in [0.25, 0.3) is 0 Å². The molecule has 1 aliphatic heterocycles. The van der Waals surface area contributed by atoms with Gasteiger partial charge in [0.2, 0.25) is 0 Å². The second kappa shape index (κ2) is 4.18. The van der Waals surface area contributed by atoms with E-state index in [0.29, 0.717) is 0 Å². The van der Waals surface area contributed by atoms with Crippen LogP contribution in [0.1, 0.15) is 19.3 Å². The van der Waals surface area contributed by atoms with Gasteiger partial charge in [0.15, 0.2) is 5.96 Å². The van der Waals surface area contributed by atoms with E-state index in [1.807, 2.05) is 0 Å². The lowest BCUT2D eigenvalue weighted by molar-refractivity contribution is 0.143. The minimum absolute atomic E-state index is 0.192. The first-order chi connectivity index (χ1) is 5.29. The molecule has 0 radical (unpaired) electrons. The van der Waals surface area contributed by atoms with Gasteiger partial charge in [0.1, 0.15) is 0 Å². The Morgan fingerprint density at radius 3 is 2.82 bits per heavy atom. The number of hydrogen-bond acceptors (Lipinski definition) is 2. The lowest BCUT2D eigenvalue weighted by Crippen LogP contribution is -2.25. The van der Waals surface area contributed by atoms with Gasteiger partial charge >= 0.3 is 0 Å². The SMILES string of the molecule is NC(N)=NC1CCCOCC1. The maximum absolute atomic E-state index is 5.26. The van der Waals surface area contributed by atoms with Crippen molar-refractivity contribution < 1.29 is 4.74 Å². The average molecular weight is 157 g/mol. The molecule has 64 valence electrons. The van der Waals surface area contributed by atoms with E-state index < -0.39 is 0 Å². The maximum atomic E-state index is 5.26. The summed E-state index contributed by atoms with van der Waals surface area (Å²) in [5.74, 6) is 0.192. The fraction of sp³-hybridized carbons (Fsp3) is 0.857. The van der Waals surface area contributed by atoms with Crippen molar-refractivity contribution in [2.75, 3.05) is 13.2 Å². The Kier molecular flexibility index (Phi) is 3.16. The van der Waals surface area contributed by atoms with Gasteiger partial charge in [0, 0.05) is 13.2 Å². The van der Waals surface area contributed by atoms with Gasteiger partial charge in [0.25, 0.3) is 0 Å². The molecule has 0 aromatic carbocycles. The van der Waals surface area contributed by atoms with E-state index in [2.05, 4.69) is 4.99 Å². The first-order valence-electron chi connectivity index (χ1n) is 3.95. The highest BCUT2D eigenvalue weighted by atomic mass is 16.5. The molecule has 0 amide bonds. The zero-order valence-electron chi connectivity index (χ0n) is 6.62. The van der Waals surface area contributed by atoms with Crippen molar-refractivity contribution in [2.45, 2.75) is 25.3 Å². The smallest absolute Gasteiger partial charge is 0.186 e. The Labute approximate surface area is 66.6 Å². The van der Waals surface area contributed by atoms with Crippen molar-refractivity contribution in [3.8, 4) is 0 Å². The van der Waals surface area contributed by atoms with E-state index in [9.17, 15) is 0 Å². The molecule has 1 heterocycles. The van der Waals surface area contributed by atoms with E-state index in [1.54, 1.807) is 0 Å². The van der Waals surface area contributed by atoms with Crippen LogP contribution in [0, 0.1) is 0 Å². The van der Waals surface area contributed by atoms with Gasteiger partial charge in [-0.1, -0.05) is 0 Å². The molecule has 0 aromatic rings. The molecule has 1 unspecified atom stereocenters. The van der Waals surface area contributed by atoms with Crippen LogP contribution in [0.3, 0.4) is 0 Å². The van der Waals surface area contributed by atoms with Gasteiger partial charge < -0.3 is 16.2 Å².